The Hall–Kier alpha value is -2.13. The number of likely N-dealkylation sites (N-methyl/N-ethyl adjacent to an activating group) is 1. The van der Waals surface area contributed by atoms with E-state index >= 15 is 0 Å². The number of hydrogen-bond acceptors (Lipinski definition) is 3. The van der Waals surface area contributed by atoms with Crippen molar-refractivity contribution in [3.05, 3.63) is 66.0 Å². The first-order valence-corrected chi connectivity index (χ1v) is 10.5. The Labute approximate surface area is 195 Å². The highest BCUT2D eigenvalue weighted by atomic mass is 127. The molecular weight excluding hydrogens is 487 g/mol. The van der Waals surface area contributed by atoms with Gasteiger partial charge >= 0.3 is 0 Å². The van der Waals surface area contributed by atoms with Crippen LogP contribution in [-0.4, -0.2) is 46.1 Å². The summed E-state index contributed by atoms with van der Waals surface area (Å²) in [7, 11) is 0. The average molecular weight is 518 g/mol. The summed E-state index contributed by atoms with van der Waals surface area (Å²) < 4.78 is 2.17. The van der Waals surface area contributed by atoms with Gasteiger partial charge in [0.1, 0.15) is 0 Å². The summed E-state index contributed by atoms with van der Waals surface area (Å²) in [6.45, 7) is 6.79. The third-order valence-electron chi connectivity index (χ3n) is 5.76. The molecule has 1 aliphatic heterocycles. The number of guanidine groups is 1. The fourth-order valence-electron chi connectivity index (χ4n) is 4.08. The van der Waals surface area contributed by atoms with E-state index < -0.39 is 0 Å². The Balaban J connectivity index is 0.00000256. The van der Waals surface area contributed by atoms with Crippen LogP contribution in [0.2, 0.25) is 0 Å². The number of nitrogens with one attached hydrogen (secondary N) is 1. The highest BCUT2D eigenvalue weighted by molar-refractivity contribution is 14.0. The van der Waals surface area contributed by atoms with Gasteiger partial charge in [-0.25, -0.2) is 9.98 Å². The summed E-state index contributed by atoms with van der Waals surface area (Å²) in [6, 6.07) is 17.3. The topological polar surface area (TPSA) is 71.5 Å². The molecule has 6 nitrogen and oxygen atoms in total. The van der Waals surface area contributed by atoms with Gasteiger partial charge in [0.2, 0.25) is 0 Å². The number of nitrogens with zero attached hydrogens (tertiary/aromatic N) is 4. The minimum atomic E-state index is 0. The molecule has 7 heteroatoms. The highest BCUT2D eigenvalue weighted by Crippen LogP contribution is 2.16. The number of halogens is 1. The summed E-state index contributed by atoms with van der Waals surface area (Å²) in [5.41, 5.74) is 10.7. The molecule has 3 N–H and O–H groups in total. The SMILES string of the molecule is CCN1CCCC1CNC(N)=NCc1ccc(Cn2cnc3ccccc32)cc1.I. The number of benzene rings is 2. The molecule has 1 fully saturated rings. The van der Waals surface area contributed by atoms with Crippen molar-refractivity contribution < 1.29 is 0 Å². The second-order valence-electron chi connectivity index (χ2n) is 7.68. The van der Waals surface area contributed by atoms with Crippen molar-refractivity contribution in [3.8, 4) is 0 Å². The Morgan fingerprint density at radius 1 is 1.17 bits per heavy atom. The fourth-order valence-corrected chi connectivity index (χ4v) is 4.08. The van der Waals surface area contributed by atoms with Crippen molar-refractivity contribution in [1.29, 1.82) is 0 Å². The van der Waals surface area contributed by atoms with E-state index in [0.29, 0.717) is 18.5 Å². The van der Waals surface area contributed by atoms with Gasteiger partial charge in [-0.05, 0) is 49.2 Å². The lowest BCUT2D eigenvalue weighted by molar-refractivity contribution is 0.267. The molecule has 0 radical (unpaired) electrons. The summed E-state index contributed by atoms with van der Waals surface area (Å²) in [4.78, 5) is 11.5. The lowest BCUT2D eigenvalue weighted by Crippen LogP contribution is -2.42. The standard InChI is InChI=1S/C23H30N6.HI/c1-2-28-13-5-6-20(28)15-26-23(24)25-14-18-9-11-19(12-10-18)16-29-17-27-21-7-3-4-8-22(21)29;/h3-4,7-12,17,20H,2,5-6,13-16H2,1H3,(H3,24,25,26);1H. The predicted octanol–water partition coefficient (Wildman–Crippen LogP) is 3.59. The van der Waals surface area contributed by atoms with E-state index in [1.165, 1.54) is 24.9 Å². The predicted molar refractivity (Wildman–Crippen MR) is 134 cm³/mol. The van der Waals surface area contributed by atoms with E-state index in [4.69, 9.17) is 5.73 Å². The number of fused-ring (bicyclic) bond motifs is 1. The number of imidazole rings is 1. The molecule has 0 bridgehead atoms. The number of aromatic nitrogens is 2. The maximum Gasteiger partial charge on any atom is 0.188 e. The molecule has 4 rings (SSSR count). The zero-order chi connectivity index (χ0) is 20.1. The quantitative estimate of drug-likeness (QED) is 0.285. The maximum atomic E-state index is 6.07. The molecule has 0 aliphatic carbocycles. The fraction of sp³-hybridized carbons (Fsp3) is 0.391. The molecule has 30 heavy (non-hydrogen) atoms. The molecule has 1 aliphatic rings. The van der Waals surface area contributed by atoms with Crippen molar-refractivity contribution in [2.24, 2.45) is 10.7 Å². The van der Waals surface area contributed by atoms with Crippen LogP contribution in [0.25, 0.3) is 11.0 Å². The van der Waals surface area contributed by atoms with E-state index in [2.05, 4.69) is 62.0 Å². The van der Waals surface area contributed by atoms with E-state index in [1.54, 1.807) is 0 Å². The molecule has 3 aromatic rings. The average Bonchev–Trinajstić information content (AvgIpc) is 3.38. The lowest BCUT2D eigenvalue weighted by Gasteiger charge is -2.23. The van der Waals surface area contributed by atoms with Crippen molar-refractivity contribution in [1.82, 2.24) is 19.8 Å². The van der Waals surface area contributed by atoms with Gasteiger partial charge < -0.3 is 15.6 Å². The third kappa shape index (κ3) is 5.51. The number of rotatable bonds is 7. The number of aliphatic imine (C=N–C) groups is 1. The molecule has 1 saturated heterocycles. The molecule has 0 amide bonds. The van der Waals surface area contributed by atoms with Crippen LogP contribution < -0.4 is 11.1 Å². The van der Waals surface area contributed by atoms with Gasteiger partial charge in [-0.15, -0.1) is 24.0 Å². The minimum Gasteiger partial charge on any atom is -0.370 e. The van der Waals surface area contributed by atoms with Gasteiger partial charge in [0.05, 0.1) is 23.9 Å². The van der Waals surface area contributed by atoms with Gasteiger partial charge in [-0.2, -0.15) is 0 Å². The normalized spacial score (nSPS) is 17.2. The monoisotopic (exact) mass is 518 g/mol. The van der Waals surface area contributed by atoms with Crippen molar-refractivity contribution in [2.45, 2.75) is 38.9 Å². The number of likely N-dealkylation sites (tertiary alicyclic amines) is 1. The van der Waals surface area contributed by atoms with Gasteiger partial charge in [-0.1, -0.05) is 43.3 Å². The Bertz CT molecular complexity index is 965. The maximum absolute atomic E-state index is 6.07. The van der Waals surface area contributed by atoms with E-state index in [1.807, 2.05) is 24.5 Å². The molecule has 2 heterocycles. The highest BCUT2D eigenvalue weighted by Gasteiger charge is 2.22. The van der Waals surface area contributed by atoms with Crippen molar-refractivity contribution in [3.63, 3.8) is 0 Å². The van der Waals surface area contributed by atoms with Gasteiger partial charge in [0.25, 0.3) is 0 Å². The number of hydrogen-bond donors (Lipinski definition) is 2. The van der Waals surface area contributed by atoms with Gasteiger partial charge in [-0.3, -0.25) is 4.90 Å². The molecule has 160 valence electrons. The Morgan fingerprint density at radius 3 is 2.73 bits per heavy atom. The van der Waals surface area contributed by atoms with Crippen LogP contribution >= 0.6 is 24.0 Å². The largest absolute Gasteiger partial charge is 0.370 e. The molecule has 0 saturated carbocycles. The second kappa shape index (κ2) is 10.8. The summed E-state index contributed by atoms with van der Waals surface area (Å²) >= 11 is 0. The van der Waals surface area contributed by atoms with E-state index in [0.717, 1.165) is 36.2 Å². The summed E-state index contributed by atoms with van der Waals surface area (Å²) in [6.07, 6.45) is 4.42. The summed E-state index contributed by atoms with van der Waals surface area (Å²) in [5.74, 6) is 0.530. The van der Waals surface area contributed by atoms with Crippen LogP contribution in [0, 0.1) is 0 Å². The first-order chi connectivity index (χ1) is 14.2. The van der Waals surface area contributed by atoms with Gasteiger partial charge in [0, 0.05) is 19.1 Å². The Kier molecular flexibility index (Phi) is 8.09. The van der Waals surface area contributed by atoms with Crippen LogP contribution in [0.15, 0.2) is 59.9 Å². The number of nitrogens with two attached hydrogens (primary N) is 1. The van der Waals surface area contributed by atoms with E-state index in [9.17, 15) is 0 Å². The molecular formula is C23H31IN6. The second-order valence-corrected chi connectivity index (χ2v) is 7.68. The first kappa shape index (κ1) is 22.6. The molecule has 0 spiro atoms. The van der Waals surface area contributed by atoms with E-state index in [-0.39, 0.29) is 24.0 Å². The smallest absolute Gasteiger partial charge is 0.188 e. The van der Waals surface area contributed by atoms with Crippen LogP contribution in [0.3, 0.4) is 0 Å². The zero-order valence-corrected chi connectivity index (χ0v) is 19.8. The molecule has 1 unspecified atom stereocenters. The van der Waals surface area contributed by atoms with Crippen LogP contribution in [-0.2, 0) is 13.1 Å². The first-order valence-electron chi connectivity index (χ1n) is 10.5. The van der Waals surface area contributed by atoms with Crippen LogP contribution in [0.1, 0.15) is 30.9 Å². The van der Waals surface area contributed by atoms with Crippen molar-refractivity contribution in [2.75, 3.05) is 19.6 Å². The summed E-state index contributed by atoms with van der Waals surface area (Å²) in [5, 5.41) is 3.29. The zero-order valence-electron chi connectivity index (χ0n) is 17.5. The number of para-hydroxylation sites is 2. The third-order valence-corrected chi connectivity index (χ3v) is 5.76. The molecule has 1 atom stereocenters. The van der Waals surface area contributed by atoms with Gasteiger partial charge in [0.15, 0.2) is 5.96 Å². The van der Waals surface area contributed by atoms with Crippen LogP contribution in [0.4, 0.5) is 0 Å². The van der Waals surface area contributed by atoms with Crippen LogP contribution in [0.5, 0.6) is 0 Å². The Morgan fingerprint density at radius 2 is 1.93 bits per heavy atom. The molecule has 2 aromatic carbocycles. The molecule has 1 aromatic heterocycles. The minimum absolute atomic E-state index is 0. The lowest BCUT2D eigenvalue weighted by atomic mass is 10.1. The van der Waals surface area contributed by atoms with Crippen molar-refractivity contribution >= 4 is 41.0 Å².